The Bertz CT molecular complexity index is 971. The fraction of sp³-hybridized carbons (Fsp3) is 0.333. The predicted molar refractivity (Wildman–Crippen MR) is 107 cm³/mol. The molecule has 2 heterocycles. The number of urea groups is 1. The summed E-state index contributed by atoms with van der Waals surface area (Å²) in [6.45, 7) is -0.546. The molecule has 1 aromatic heterocycles. The SMILES string of the molecule is O=C(CN1C(=O)C(=O)N(C2CCCC2)C1=O)N[C@H](c1ccc(F)cc1)c1cccs1. The molecule has 1 N–H and O–H groups in total. The minimum absolute atomic E-state index is 0.278. The van der Waals surface area contributed by atoms with Crippen molar-refractivity contribution in [2.45, 2.75) is 37.8 Å². The van der Waals surface area contributed by atoms with Crippen LogP contribution in [0.3, 0.4) is 0 Å². The van der Waals surface area contributed by atoms with Crippen LogP contribution >= 0.6 is 11.3 Å². The van der Waals surface area contributed by atoms with E-state index in [-0.39, 0.29) is 6.04 Å². The van der Waals surface area contributed by atoms with Crippen molar-refractivity contribution in [3.8, 4) is 0 Å². The first-order valence-corrected chi connectivity index (χ1v) is 10.6. The Kier molecular flexibility index (Phi) is 5.63. The van der Waals surface area contributed by atoms with Gasteiger partial charge in [-0.25, -0.2) is 14.1 Å². The molecule has 2 aliphatic rings. The number of hydrogen-bond donors (Lipinski definition) is 1. The number of hydrogen-bond acceptors (Lipinski definition) is 5. The number of nitrogens with one attached hydrogen (secondary N) is 1. The van der Waals surface area contributed by atoms with Crippen LogP contribution in [0, 0.1) is 5.82 Å². The number of carbonyl (C=O) groups excluding carboxylic acids is 4. The summed E-state index contributed by atoms with van der Waals surface area (Å²) in [7, 11) is 0. The molecular weight excluding hydrogens is 409 g/mol. The monoisotopic (exact) mass is 429 g/mol. The summed E-state index contributed by atoms with van der Waals surface area (Å²) in [5.74, 6) is -2.82. The van der Waals surface area contributed by atoms with Gasteiger partial charge in [0.05, 0.1) is 6.04 Å². The molecule has 1 atom stereocenters. The molecule has 1 aliphatic heterocycles. The molecule has 1 saturated carbocycles. The summed E-state index contributed by atoms with van der Waals surface area (Å²) in [5.41, 5.74) is 0.662. The number of rotatable bonds is 6. The first-order chi connectivity index (χ1) is 14.5. The minimum Gasteiger partial charge on any atom is -0.343 e. The van der Waals surface area contributed by atoms with Crippen molar-refractivity contribution in [1.82, 2.24) is 15.1 Å². The molecule has 5 amide bonds. The highest BCUT2D eigenvalue weighted by Gasteiger charge is 2.48. The lowest BCUT2D eigenvalue weighted by Crippen LogP contribution is -2.43. The number of thiophene rings is 1. The number of benzene rings is 1. The molecule has 0 radical (unpaired) electrons. The highest BCUT2D eigenvalue weighted by atomic mass is 32.1. The molecule has 7 nitrogen and oxygen atoms in total. The second-order valence-corrected chi connectivity index (χ2v) is 8.33. The van der Waals surface area contributed by atoms with E-state index in [2.05, 4.69) is 5.32 Å². The molecule has 9 heteroatoms. The van der Waals surface area contributed by atoms with Crippen LogP contribution in [0.1, 0.15) is 42.2 Å². The van der Waals surface area contributed by atoms with Gasteiger partial charge in [-0.3, -0.25) is 19.3 Å². The lowest BCUT2D eigenvalue weighted by molar-refractivity contribution is -0.144. The summed E-state index contributed by atoms with van der Waals surface area (Å²) in [6.07, 6.45) is 3.15. The van der Waals surface area contributed by atoms with Crippen LogP contribution < -0.4 is 5.32 Å². The summed E-state index contributed by atoms with van der Waals surface area (Å²) in [6, 6.07) is 7.82. The van der Waals surface area contributed by atoms with Gasteiger partial charge in [-0.1, -0.05) is 31.0 Å². The van der Waals surface area contributed by atoms with Gasteiger partial charge < -0.3 is 5.32 Å². The van der Waals surface area contributed by atoms with Crippen LogP contribution in [-0.2, 0) is 14.4 Å². The largest absolute Gasteiger partial charge is 0.343 e. The van der Waals surface area contributed by atoms with Crippen molar-refractivity contribution in [3.05, 3.63) is 58.0 Å². The highest BCUT2D eigenvalue weighted by molar-refractivity contribution is 7.10. The van der Waals surface area contributed by atoms with Crippen LogP contribution in [0.15, 0.2) is 41.8 Å². The molecule has 0 bridgehead atoms. The number of nitrogens with zero attached hydrogens (tertiary/aromatic N) is 2. The second-order valence-electron chi connectivity index (χ2n) is 7.35. The smallest absolute Gasteiger partial charge is 0.334 e. The highest BCUT2D eigenvalue weighted by Crippen LogP contribution is 2.28. The number of halogens is 1. The molecule has 2 fully saturated rings. The topological polar surface area (TPSA) is 86.8 Å². The van der Waals surface area contributed by atoms with E-state index in [4.69, 9.17) is 0 Å². The maximum absolute atomic E-state index is 13.3. The molecule has 4 rings (SSSR count). The number of carbonyl (C=O) groups is 4. The Morgan fingerprint density at radius 3 is 2.43 bits per heavy atom. The van der Waals surface area contributed by atoms with Gasteiger partial charge in [-0.2, -0.15) is 0 Å². The Morgan fingerprint density at radius 1 is 1.10 bits per heavy atom. The first kappa shape index (κ1) is 20.2. The number of amides is 5. The Morgan fingerprint density at radius 2 is 1.80 bits per heavy atom. The van der Waals surface area contributed by atoms with E-state index in [1.165, 1.54) is 23.5 Å². The lowest BCUT2D eigenvalue weighted by Gasteiger charge is -2.22. The second kappa shape index (κ2) is 8.35. The van der Waals surface area contributed by atoms with Gasteiger partial charge in [0.15, 0.2) is 0 Å². The standard InChI is InChI=1S/C21H20FN3O4S/c22-14-9-7-13(8-10-14)18(16-6-3-11-30-16)23-17(26)12-24-19(27)20(28)25(21(24)29)15-4-1-2-5-15/h3,6-11,15,18H,1-2,4-5,12H2,(H,23,26)/t18-/m1/s1. The molecule has 2 aromatic rings. The van der Waals surface area contributed by atoms with Crippen LogP contribution in [0.2, 0.25) is 0 Å². The van der Waals surface area contributed by atoms with Crippen molar-refractivity contribution >= 4 is 35.1 Å². The van der Waals surface area contributed by atoms with Gasteiger partial charge >= 0.3 is 17.8 Å². The number of imide groups is 2. The Hall–Kier alpha value is -3.07. The first-order valence-electron chi connectivity index (χ1n) is 9.73. The van der Waals surface area contributed by atoms with E-state index < -0.39 is 42.2 Å². The van der Waals surface area contributed by atoms with Gasteiger partial charge in [-0.15, -0.1) is 11.3 Å². The summed E-state index contributed by atoms with van der Waals surface area (Å²) >= 11 is 1.42. The van der Waals surface area contributed by atoms with Crippen LogP contribution in [0.5, 0.6) is 0 Å². The average molecular weight is 429 g/mol. The molecule has 1 aliphatic carbocycles. The molecular formula is C21H20FN3O4S. The third-order valence-corrected chi connectivity index (χ3v) is 6.35. The van der Waals surface area contributed by atoms with Gasteiger partial charge in [-0.05, 0) is 42.0 Å². The van der Waals surface area contributed by atoms with Gasteiger partial charge in [0, 0.05) is 10.9 Å². The van der Waals surface area contributed by atoms with E-state index in [1.54, 1.807) is 12.1 Å². The van der Waals surface area contributed by atoms with Crippen molar-refractivity contribution in [2.24, 2.45) is 0 Å². The van der Waals surface area contributed by atoms with Crippen molar-refractivity contribution in [1.29, 1.82) is 0 Å². The van der Waals surface area contributed by atoms with Gasteiger partial charge in [0.2, 0.25) is 5.91 Å². The molecule has 0 spiro atoms. The third-order valence-electron chi connectivity index (χ3n) is 5.41. The fourth-order valence-corrected chi connectivity index (χ4v) is 4.73. The third kappa shape index (κ3) is 3.85. The molecule has 1 saturated heterocycles. The van der Waals surface area contributed by atoms with Crippen LogP contribution in [0.25, 0.3) is 0 Å². The zero-order valence-corrected chi connectivity index (χ0v) is 16.9. The quantitative estimate of drug-likeness (QED) is 0.565. The Balaban J connectivity index is 1.49. The van der Waals surface area contributed by atoms with Crippen molar-refractivity contribution < 1.29 is 23.6 Å². The maximum atomic E-state index is 13.3. The molecule has 30 heavy (non-hydrogen) atoms. The molecule has 1 aromatic carbocycles. The van der Waals surface area contributed by atoms with E-state index >= 15 is 0 Å². The van der Waals surface area contributed by atoms with Gasteiger partial charge in [0.1, 0.15) is 12.4 Å². The minimum atomic E-state index is -0.975. The van der Waals surface area contributed by atoms with Crippen LogP contribution in [0.4, 0.5) is 9.18 Å². The van der Waals surface area contributed by atoms with Crippen molar-refractivity contribution in [3.63, 3.8) is 0 Å². The maximum Gasteiger partial charge on any atom is 0.334 e. The van der Waals surface area contributed by atoms with E-state index in [0.29, 0.717) is 23.3 Å². The van der Waals surface area contributed by atoms with E-state index in [1.807, 2.05) is 17.5 Å². The van der Waals surface area contributed by atoms with E-state index in [0.717, 1.165) is 22.6 Å². The van der Waals surface area contributed by atoms with Gasteiger partial charge in [0.25, 0.3) is 0 Å². The summed E-state index contributed by atoms with van der Waals surface area (Å²) in [5, 5.41) is 4.65. The van der Waals surface area contributed by atoms with Crippen LogP contribution in [-0.4, -0.2) is 46.1 Å². The average Bonchev–Trinajstić information content (AvgIpc) is 3.47. The van der Waals surface area contributed by atoms with Crippen molar-refractivity contribution in [2.75, 3.05) is 6.54 Å². The zero-order chi connectivity index (χ0) is 21.3. The fourth-order valence-electron chi connectivity index (χ4n) is 3.93. The Labute approximate surface area is 176 Å². The summed E-state index contributed by atoms with van der Waals surface area (Å²) < 4.78 is 13.3. The normalized spacial score (nSPS) is 18.4. The molecule has 156 valence electrons. The summed E-state index contributed by atoms with van der Waals surface area (Å²) in [4.78, 5) is 52.5. The predicted octanol–water partition coefficient (Wildman–Crippen LogP) is 2.83. The zero-order valence-electron chi connectivity index (χ0n) is 16.0. The molecule has 0 unspecified atom stereocenters. The van der Waals surface area contributed by atoms with E-state index in [9.17, 15) is 23.6 Å². The lowest BCUT2D eigenvalue weighted by atomic mass is 10.1.